The third-order valence-electron chi connectivity index (χ3n) is 4.16. The van der Waals surface area contributed by atoms with Gasteiger partial charge < -0.3 is 20.7 Å². The molecule has 27 heavy (non-hydrogen) atoms. The van der Waals surface area contributed by atoms with Gasteiger partial charge >= 0.3 is 6.03 Å². The van der Waals surface area contributed by atoms with Gasteiger partial charge in [-0.2, -0.15) is 0 Å². The summed E-state index contributed by atoms with van der Waals surface area (Å²) >= 11 is 6.15. The fourth-order valence-electron chi connectivity index (χ4n) is 2.94. The predicted molar refractivity (Wildman–Crippen MR) is 100 cm³/mol. The summed E-state index contributed by atoms with van der Waals surface area (Å²) in [5.41, 5.74) is 0.919. The lowest BCUT2D eigenvalue weighted by Crippen LogP contribution is -2.46. The summed E-state index contributed by atoms with van der Waals surface area (Å²) in [6, 6.07) is 9.46. The molecule has 1 aliphatic heterocycles. The number of ether oxygens (including phenoxy) is 1. The second-order valence-corrected chi connectivity index (χ2v) is 6.27. The van der Waals surface area contributed by atoms with Crippen LogP contribution < -0.4 is 20.7 Å². The van der Waals surface area contributed by atoms with Gasteiger partial charge in [0.1, 0.15) is 11.6 Å². The van der Waals surface area contributed by atoms with Crippen LogP contribution in [0.2, 0.25) is 5.02 Å². The molecule has 0 fully saturated rings. The van der Waals surface area contributed by atoms with Gasteiger partial charge in [0.2, 0.25) is 0 Å². The molecule has 3 N–H and O–H groups in total. The largest absolute Gasteiger partial charge is 0.495 e. The third kappa shape index (κ3) is 3.73. The van der Waals surface area contributed by atoms with Crippen molar-refractivity contribution in [3.63, 3.8) is 0 Å². The number of amides is 3. The Morgan fingerprint density at radius 2 is 1.96 bits per heavy atom. The first-order valence-electron chi connectivity index (χ1n) is 8.09. The zero-order chi connectivity index (χ0) is 19.6. The minimum atomic E-state index is -1.04. The molecule has 0 aliphatic carbocycles. The van der Waals surface area contributed by atoms with Gasteiger partial charge in [-0.3, -0.25) is 4.79 Å². The van der Waals surface area contributed by atoms with E-state index in [4.69, 9.17) is 16.3 Å². The molecule has 0 bridgehead atoms. The summed E-state index contributed by atoms with van der Waals surface area (Å²) in [5, 5.41) is 7.95. The van der Waals surface area contributed by atoms with Crippen LogP contribution in [0.15, 0.2) is 53.7 Å². The Morgan fingerprint density at radius 1 is 1.22 bits per heavy atom. The van der Waals surface area contributed by atoms with Gasteiger partial charge in [-0.15, -0.1) is 0 Å². The van der Waals surface area contributed by atoms with Crippen LogP contribution in [0.5, 0.6) is 5.75 Å². The smallest absolute Gasteiger partial charge is 0.319 e. The van der Waals surface area contributed by atoms with E-state index in [0.29, 0.717) is 17.1 Å². The molecule has 140 valence electrons. The van der Waals surface area contributed by atoms with E-state index in [-0.39, 0.29) is 16.2 Å². The summed E-state index contributed by atoms with van der Waals surface area (Å²) in [5.74, 6) is -0.670. The van der Waals surface area contributed by atoms with Crippen molar-refractivity contribution in [3.8, 4) is 5.75 Å². The Balaban J connectivity index is 2.03. The van der Waals surface area contributed by atoms with E-state index in [1.165, 1.54) is 25.3 Å². The highest BCUT2D eigenvalue weighted by Crippen LogP contribution is 2.34. The molecule has 0 saturated heterocycles. The number of allylic oxidation sites excluding steroid dienone is 1. The van der Waals surface area contributed by atoms with E-state index >= 15 is 0 Å². The van der Waals surface area contributed by atoms with Crippen LogP contribution in [0.4, 0.5) is 14.9 Å². The first kappa shape index (κ1) is 18.7. The zero-order valence-electron chi connectivity index (χ0n) is 14.6. The number of nitrogens with one attached hydrogen (secondary N) is 3. The van der Waals surface area contributed by atoms with Crippen molar-refractivity contribution in [2.24, 2.45) is 0 Å². The van der Waals surface area contributed by atoms with Crippen molar-refractivity contribution in [2.75, 3.05) is 12.4 Å². The number of halogens is 2. The average molecular weight is 390 g/mol. The van der Waals surface area contributed by atoms with Gasteiger partial charge in [0.05, 0.1) is 24.4 Å². The summed E-state index contributed by atoms with van der Waals surface area (Å²) in [7, 11) is 1.49. The number of para-hydroxylation sites is 2. The molecular formula is C19H17ClFN3O3. The number of hydrogen-bond acceptors (Lipinski definition) is 3. The second-order valence-electron chi connectivity index (χ2n) is 5.86. The SMILES string of the molecule is COc1ccccc1NC(=O)C1=C(C)NC(=O)N[C@H]1c1c(F)cccc1Cl. The van der Waals surface area contributed by atoms with Crippen LogP contribution in [0, 0.1) is 5.82 Å². The van der Waals surface area contributed by atoms with E-state index in [1.807, 2.05) is 0 Å². The van der Waals surface area contributed by atoms with Crippen molar-refractivity contribution in [3.05, 3.63) is 70.1 Å². The number of urea groups is 1. The molecule has 6 nitrogen and oxygen atoms in total. The molecular weight excluding hydrogens is 373 g/mol. The predicted octanol–water partition coefficient (Wildman–Crippen LogP) is 3.75. The molecule has 1 heterocycles. The minimum Gasteiger partial charge on any atom is -0.495 e. The maximum atomic E-state index is 14.4. The first-order valence-corrected chi connectivity index (χ1v) is 8.46. The van der Waals surface area contributed by atoms with Crippen LogP contribution >= 0.6 is 11.6 Å². The maximum absolute atomic E-state index is 14.4. The summed E-state index contributed by atoms with van der Waals surface area (Å²) in [6.07, 6.45) is 0. The fourth-order valence-corrected chi connectivity index (χ4v) is 3.21. The second kappa shape index (κ2) is 7.67. The molecule has 0 spiro atoms. The first-order chi connectivity index (χ1) is 12.9. The van der Waals surface area contributed by atoms with E-state index in [0.717, 1.165) is 0 Å². The Hall–Kier alpha value is -3.06. The molecule has 1 atom stereocenters. The van der Waals surface area contributed by atoms with Crippen molar-refractivity contribution in [1.82, 2.24) is 10.6 Å². The van der Waals surface area contributed by atoms with E-state index in [9.17, 15) is 14.0 Å². The number of rotatable bonds is 4. The van der Waals surface area contributed by atoms with Crippen molar-refractivity contribution in [2.45, 2.75) is 13.0 Å². The molecule has 0 unspecified atom stereocenters. The lowest BCUT2D eigenvalue weighted by molar-refractivity contribution is -0.113. The zero-order valence-corrected chi connectivity index (χ0v) is 15.4. The van der Waals surface area contributed by atoms with Crippen molar-refractivity contribution < 1.29 is 18.7 Å². The number of hydrogen-bond donors (Lipinski definition) is 3. The van der Waals surface area contributed by atoms with Gasteiger partial charge in [0.25, 0.3) is 5.91 Å². The van der Waals surface area contributed by atoms with Crippen LogP contribution in [-0.4, -0.2) is 19.0 Å². The summed E-state index contributed by atoms with van der Waals surface area (Å²) in [6.45, 7) is 1.57. The molecule has 1 aliphatic rings. The Bertz CT molecular complexity index is 925. The van der Waals surface area contributed by atoms with Gasteiger partial charge in [0, 0.05) is 16.3 Å². The normalized spacial score (nSPS) is 16.4. The molecule has 0 radical (unpaired) electrons. The third-order valence-corrected chi connectivity index (χ3v) is 4.49. The van der Waals surface area contributed by atoms with E-state index < -0.39 is 23.8 Å². The monoisotopic (exact) mass is 389 g/mol. The van der Waals surface area contributed by atoms with E-state index in [2.05, 4.69) is 16.0 Å². The van der Waals surface area contributed by atoms with E-state index in [1.54, 1.807) is 31.2 Å². The maximum Gasteiger partial charge on any atom is 0.319 e. The standard InChI is InChI=1S/C19H17ClFN3O3/c1-10-15(18(25)23-13-8-3-4-9-14(13)27-2)17(24-19(26)22-10)16-11(20)6-5-7-12(16)21/h3-9,17H,1-2H3,(H,23,25)(H2,22,24,26)/t17-/m1/s1. The van der Waals surface area contributed by atoms with Gasteiger partial charge in [-0.1, -0.05) is 29.8 Å². The van der Waals surface area contributed by atoms with Gasteiger partial charge in [-0.05, 0) is 31.2 Å². The fraction of sp³-hybridized carbons (Fsp3) is 0.158. The molecule has 2 aromatic rings. The number of carbonyl (C=O) groups is 2. The highest BCUT2D eigenvalue weighted by molar-refractivity contribution is 6.31. The number of benzene rings is 2. The lowest BCUT2D eigenvalue weighted by Gasteiger charge is -2.29. The molecule has 3 rings (SSSR count). The molecule has 3 amide bonds. The number of carbonyl (C=O) groups excluding carboxylic acids is 2. The Morgan fingerprint density at radius 3 is 2.67 bits per heavy atom. The molecule has 2 aromatic carbocycles. The highest BCUT2D eigenvalue weighted by Gasteiger charge is 2.34. The molecule has 0 aromatic heterocycles. The topological polar surface area (TPSA) is 79.5 Å². The molecule has 0 saturated carbocycles. The summed E-state index contributed by atoms with van der Waals surface area (Å²) in [4.78, 5) is 24.9. The highest BCUT2D eigenvalue weighted by atomic mass is 35.5. The average Bonchev–Trinajstić information content (AvgIpc) is 2.61. The van der Waals surface area contributed by atoms with Crippen LogP contribution in [0.25, 0.3) is 0 Å². The van der Waals surface area contributed by atoms with Gasteiger partial charge in [0.15, 0.2) is 0 Å². The Labute approximate surface area is 160 Å². The van der Waals surface area contributed by atoms with Gasteiger partial charge in [-0.25, -0.2) is 9.18 Å². The summed E-state index contributed by atoms with van der Waals surface area (Å²) < 4.78 is 19.7. The van der Waals surface area contributed by atoms with Crippen molar-refractivity contribution in [1.29, 1.82) is 0 Å². The lowest BCUT2D eigenvalue weighted by atomic mass is 9.94. The molecule has 8 heteroatoms. The van der Waals surface area contributed by atoms with Crippen LogP contribution in [0.1, 0.15) is 18.5 Å². The Kier molecular flexibility index (Phi) is 5.32. The quantitative estimate of drug-likeness (QED) is 0.745. The number of methoxy groups -OCH3 is 1. The minimum absolute atomic E-state index is 0.0264. The van der Waals surface area contributed by atoms with Crippen LogP contribution in [0.3, 0.4) is 0 Å². The number of anilines is 1. The van der Waals surface area contributed by atoms with Crippen LogP contribution in [-0.2, 0) is 4.79 Å². The van der Waals surface area contributed by atoms with Crippen molar-refractivity contribution >= 4 is 29.2 Å².